The highest BCUT2D eigenvalue weighted by Gasteiger charge is 2.29. The van der Waals surface area contributed by atoms with Crippen molar-refractivity contribution in [3.63, 3.8) is 0 Å². The van der Waals surface area contributed by atoms with Gasteiger partial charge in [0.1, 0.15) is 0 Å². The molecule has 5 nitrogen and oxygen atoms in total. The van der Waals surface area contributed by atoms with Crippen molar-refractivity contribution in [2.24, 2.45) is 0 Å². The van der Waals surface area contributed by atoms with E-state index in [0.717, 1.165) is 24.6 Å². The number of aryl methyl sites for hydroxylation is 1. The number of nitrogens with one attached hydrogen (secondary N) is 1. The Hall–Kier alpha value is -1.82. The maximum atomic E-state index is 11.7. The van der Waals surface area contributed by atoms with Crippen LogP contribution in [0, 0.1) is 0 Å². The summed E-state index contributed by atoms with van der Waals surface area (Å²) in [5.74, 6) is -0.00913. The van der Waals surface area contributed by atoms with Crippen LogP contribution in [0.15, 0.2) is 30.3 Å². The summed E-state index contributed by atoms with van der Waals surface area (Å²) in [6.07, 6.45) is 2.10. The van der Waals surface area contributed by atoms with Crippen molar-refractivity contribution >= 4 is 28.8 Å². The number of hydrogen-bond acceptors (Lipinski definition) is 4. The lowest BCUT2D eigenvalue weighted by atomic mass is 10.1. The summed E-state index contributed by atoms with van der Waals surface area (Å²) in [6, 6.07) is 10.0. The van der Waals surface area contributed by atoms with Gasteiger partial charge in [-0.25, -0.2) is 0 Å². The van der Waals surface area contributed by atoms with E-state index in [9.17, 15) is 14.4 Å². The smallest absolute Gasteiger partial charge is 0.288 e. The number of nitrogens with zero attached hydrogens (tertiary/aromatic N) is 1. The third-order valence-electron chi connectivity index (χ3n) is 3.21. The molecular formula is C15H18N2O3S. The maximum absolute atomic E-state index is 11.7. The highest BCUT2D eigenvalue weighted by Crippen LogP contribution is 2.17. The monoisotopic (exact) mass is 306 g/mol. The van der Waals surface area contributed by atoms with Crippen molar-refractivity contribution < 1.29 is 14.4 Å². The van der Waals surface area contributed by atoms with Crippen LogP contribution in [-0.4, -0.2) is 40.8 Å². The molecular weight excluding hydrogens is 288 g/mol. The third-order valence-corrected chi connectivity index (χ3v) is 4.07. The summed E-state index contributed by atoms with van der Waals surface area (Å²) >= 11 is 1.01. The molecule has 21 heavy (non-hydrogen) atoms. The van der Waals surface area contributed by atoms with Gasteiger partial charge in [0.05, 0.1) is 5.75 Å². The van der Waals surface area contributed by atoms with Crippen molar-refractivity contribution in [1.82, 2.24) is 10.2 Å². The van der Waals surface area contributed by atoms with Gasteiger partial charge in [-0.3, -0.25) is 19.3 Å². The van der Waals surface area contributed by atoms with E-state index in [2.05, 4.69) is 5.32 Å². The molecule has 2 rings (SSSR count). The molecule has 1 N–H and O–H groups in total. The standard InChI is InChI=1S/C15H18N2O3S/c18-13(8-4-7-12-5-2-1-3-6-12)16-9-10-17-14(19)11-21-15(17)20/h1-3,5-6H,4,7-11H2,(H,16,18). The van der Waals surface area contributed by atoms with Gasteiger partial charge in [0, 0.05) is 19.5 Å². The summed E-state index contributed by atoms with van der Waals surface area (Å²) in [4.78, 5) is 35.6. The summed E-state index contributed by atoms with van der Waals surface area (Å²) in [5.41, 5.74) is 1.22. The average molecular weight is 306 g/mol. The molecule has 0 saturated carbocycles. The van der Waals surface area contributed by atoms with Crippen molar-refractivity contribution in [2.75, 3.05) is 18.8 Å². The zero-order valence-corrected chi connectivity index (χ0v) is 12.5. The topological polar surface area (TPSA) is 66.5 Å². The number of carbonyl (C=O) groups is 3. The highest BCUT2D eigenvalue weighted by molar-refractivity contribution is 8.14. The van der Waals surface area contributed by atoms with Crippen LogP contribution >= 0.6 is 11.8 Å². The quantitative estimate of drug-likeness (QED) is 0.834. The summed E-state index contributed by atoms with van der Waals surface area (Å²) in [5, 5.41) is 2.52. The molecule has 0 atom stereocenters. The number of benzene rings is 1. The third kappa shape index (κ3) is 4.90. The summed E-state index contributed by atoms with van der Waals surface area (Å²) in [6.45, 7) is 0.581. The molecule has 0 aromatic heterocycles. The van der Waals surface area contributed by atoms with Crippen molar-refractivity contribution in [3.05, 3.63) is 35.9 Å². The Morgan fingerprint density at radius 3 is 2.67 bits per heavy atom. The molecule has 1 saturated heterocycles. The molecule has 6 heteroatoms. The highest BCUT2D eigenvalue weighted by atomic mass is 32.2. The zero-order valence-electron chi connectivity index (χ0n) is 11.7. The van der Waals surface area contributed by atoms with E-state index < -0.39 is 0 Å². The molecule has 0 spiro atoms. The number of imide groups is 1. The Kier molecular flexibility index (Phi) is 5.80. The first kappa shape index (κ1) is 15.6. The fourth-order valence-electron chi connectivity index (χ4n) is 2.09. The second-order valence-electron chi connectivity index (χ2n) is 4.79. The number of amides is 3. The van der Waals surface area contributed by atoms with Crippen LogP contribution in [0.3, 0.4) is 0 Å². The SMILES string of the molecule is O=C(CCCc1ccccc1)NCCN1C(=O)CSC1=O. The van der Waals surface area contributed by atoms with E-state index in [0.29, 0.717) is 13.0 Å². The molecule has 1 aliphatic rings. The summed E-state index contributed by atoms with van der Waals surface area (Å²) in [7, 11) is 0. The first-order valence-electron chi connectivity index (χ1n) is 6.94. The van der Waals surface area contributed by atoms with Gasteiger partial charge in [0.25, 0.3) is 5.24 Å². The molecule has 1 aliphatic heterocycles. The summed E-state index contributed by atoms with van der Waals surface area (Å²) < 4.78 is 0. The van der Waals surface area contributed by atoms with Crippen LogP contribution in [0.2, 0.25) is 0 Å². The van der Waals surface area contributed by atoms with E-state index >= 15 is 0 Å². The van der Waals surface area contributed by atoms with Crippen molar-refractivity contribution in [3.8, 4) is 0 Å². The Bertz CT molecular complexity index is 503. The van der Waals surface area contributed by atoms with E-state index in [1.165, 1.54) is 10.5 Å². The van der Waals surface area contributed by atoms with Crippen LogP contribution in [0.4, 0.5) is 4.79 Å². The number of thioether (sulfide) groups is 1. The molecule has 0 unspecified atom stereocenters. The van der Waals surface area contributed by atoms with E-state index in [1.54, 1.807) is 0 Å². The molecule has 0 bridgehead atoms. The minimum atomic E-state index is -0.224. The second kappa shape index (κ2) is 7.83. The maximum Gasteiger partial charge on any atom is 0.288 e. The van der Waals surface area contributed by atoms with Gasteiger partial charge >= 0.3 is 0 Å². The molecule has 0 aliphatic carbocycles. The lowest BCUT2D eigenvalue weighted by Gasteiger charge is -2.13. The van der Waals surface area contributed by atoms with Crippen molar-refractivity contribution in [1.29, 1.82) is 0 Å². The van der Waals surface area contributed by atoms with Gasteiger partial charge < -0.3 is 5.32 Å². The largest absolute Gasteiger partial charge is 0.354 e. The van der Waals surface area contributed by atoms with Crippen molar-refractivity contribution in [2.45, 2.75) is 19.3 Å². The van der Waals surface area contributed by atoms with E-state index in [1.807, 2.05) is 30.3 Å². The Labute approximate surface area is 128 Å². The van der Waals surface area contributed by atoms with Gasteiger partial charge in [0.15, 0.2) is 0 Å². The molecule has 112 valence electrons. The predicted octanol–water partition coefficient (Wildman–Crippen LogP) is 1.82. The number of carbonyl (C=O) groups excluding carboxylic acids is 3. The zero-order chi connectivity index (χ0) is 15.1. The second-order valence-corrected chi connectivity index (χ2v) is 5.72. The van der Waals surface area contributed by atoms with Gasteiger partial charge in [-0.1, -0.05) is 42.1 Å². The van der Waals surface area contributed by atoms with Gasteiger partial charge in [0.2, 0.25) is 11.8 Å². The van der Waals surface area contributed by atoms with Crippen LogP contribution in [0.25, 0.3) is 0 Å². The first-order chi connectivity index (χ1) is 10.2. The van der Waals surface area contributed by atoms with Crippen LogP contribution in [0.1, 0.15) is 18.4 Å². The molecule has 1 aromatic rings. The Morgan fingerprint density at radius 2 is 2.00 bits per heavy atom. The minimum Gasteiger partial charge on any atom is -0.354 e. The number of rotatable bonds is 7. The fraction of sp³-hybridized carbons (Fsp3) is 0.400. The first-order valence-corrected chi connectivity index (χ1v) is 7.93. The minimum absolute atomic E-state index is 0.0438. The number of hydrogen-bond donors (Lipinski definition) is 1. The van der Waals surface area contributed by atoms with E-state index in [-0.39, 0.29) is 29.4 Å². The van der Waals surface area contributed by atoms with Gasteiger partial charge in [-0.05, 0) is 18.4 Å². The van der Waals surface area contributed by atoms with Gasteiger partial charge in [-0.2, -0.15) is 0 Å². The fourth-order valence-corrected chi connectivity index (χ4v) is 2.84. The van der Waals surface area contributed by atoms with Gasteiger partial charge in [-0.15, -0.1) is 0 Å². The van der Waals surface area contributed by atoms with Crippen LogP contribution in [-0.2, 0) is 16.0 Å². The normalized spacial score (nSPS) is 14.6. The molecule has 0 radical (unpaired) electrons. The Morgan fingerprint density at radius 1 is 1.24 bits per heavy atom. The lowest BCUT2D eigenvalue weighted by Crippen LogP contribution is -2.37. The molecule has 3 amide bonds. The van der Waals surface area contributed by atoms with E-state index in [4.69, 9.17) is 0 Å². The van der Waals surface area contributed by atoms with Crippen LogP contribution < -0.4 is 5.32 Å². The molecule has 1 fully saturated rings. The molecule has 1 aromatic carbocycles. The predicted molar refractivity (Wildman–Crippen MR) is 82.0 cm³/mol. The van der Waals surface area contributed by atoms with Crippen LogP contribution in [0.5, 0.6) is 0 Å². The average Bonchev–Trinajstić information content (AvgIpc) is 2.80. The lowest BCUT2D eigenvalue weighted by molar-refractivity contribution is -0.125. The molecule has 1 heterocycles. The Balaban J connectivity index is 1.59.